The smallest absolute Gasteiger partial charge is 0.270 e. The van der Waals surface area contributed by atoms with Crippen LogP contribution in [-0.4, -0.2) is 35.3 Å². The van der Waals surface area contributed by atoms with Crippen molar-refractivity contribution in [3.8, 4) is 16.3 Å². The second-order valence-electron chi connectivity index (χ2n) is 5.50. The van der Waals surface area contributed by atoms with E-state index < -0.39 is 5.60 Å². The number of para-hydroxylation sites is 1. The zero-order chi connectivity index (χ0) is 15.6. The number of nitrogens with zero attached hydrogens (tertiary/aromatic N) is 1. The van der Waals surface area contributed by atoms with Gasteiger partial charge in [-0.25, -0.2) is 4.98 Å². The summed E-state index contributed by atoms with van der Waals surface area (Å²) in [6.45, 7) is 0.285. The van der Waals surface area contributed by atoms with Crippen molar-refractivity contribution in [1.29, 1.82) is 0 Å². The fourth-order valence-electron chi connectivity index (χ4n) is 2.42. The van der Waals surface area contributed by atoms with E-state index >= 15 is 0 Å². The minimum atomic E-state index is -0.725. The van der Waals surface area contributed by atoms with Crippen LogP contribution >= 0.6 is 11.3 Å². The highest BCUT2D eigenvalue weighted by Gasteiger charge is 2.34. The van der Waals surface area contributed by atoms with Gasteiger partial charge in [0.15, 0.2) is 0 Å². The van der Waals surface area contributed by atoms with E-state index in [4.69, 9.17) is 4.74 Å². The number of rotatable bonds is 5. The maximum Gasteiger partial charge on any atom is 0.270 e. The number of hydrogen-bond donors (Lipinski definition) is 2. The third-order valence-electron chi connectivity index (χ3n) is 3.94. The summed E-state index contributed by atoms with van der Waals surface area (Å²) in [7, 11) is 1.61. The molecule has 0 spiro atoms. The van der Waals surface area contributed by atoms with Crippen LogP contribution in [0, 0.1) is 0 Å². The summed E-state index contributed by atoms with van der Waals surface area (Å²) in [6.07, 6.45) is 2.51. The van der Waals surface area contributed by atoms with Crippen LogP contribution in [0.5, 0.6) is 5.75 Å². The SMILES string of the molecule is COc1ccccc1-c1nc(C(=O)NCC2(O)CCC2)cs1. The Hall–Kier alpha value is -1.92. The van der Waals surface area contributed by atoms with Gasteiger partial charge in [0.05, 0.1) is 18.3 Å². The van der Waals surface area contributed by atoms with Crippen molar-refractivity contribution >= 4 is 17.2 Å². The first-order valence-corrected chi connectivity index (χ1v) is 8.09. The average molecular weight is 318 g/mol. The van der Waals surface area contributed by atoms with E-state index in [-0.39, 0.29) is 12.5 Å². The molecule has 2 N–H and O–H groups in total. The molecule has 1 aliphatic rings. The van der Waals surface area contributed by atoms with Gasteiger partial charge in [0.25, 0.3) is 5.91 Å². The number of carbonyl (C=O) groups is 1. The number of benzene rings is 1. The highest BCUT2D eigenvalue weighted by molar-refractivity contribution is 7.13. The van der Waals surface area contributed by atoms with Crippen LogP contribution < -0.4 is 10.1 Å². The number of aliphatic hydroxyl groups is 1. The number of aromatic nitrogens is 1. The topological polar surface area (TPSA) is 71.5 Å². The molecule has 1 aliphatic carbocycles. The van der Waals surface area contributed by atoms with Crippen molar-refractivity contribution in [2.24, 2.45) is 0 Å². The summed E-state index contributed by atoms with van der Waals surface area (Å²) < 4.78 is 5.32. The van der Waals surface area contributed by atoms with Gasteiger partial charge in [-0.05, 0) is 31.4 Å². The molecule has 6 heteroatoms. The minimum absolute atomic E-state index is 0.252. The highest BCUT2D eigenvalue weighted by atomic mass is 32.1. The average Bonchev–Trinajstić information content (AvgIpc) is 3.00. The van der Waals surface area contributed by atoms with Crippen molar-refractivity contribution in [3.63, 3.8) is 0 Å². The second kappa shape index (κ2) is 6.06. The molecular weight excluding hydrogens is 300 g/mol. The first-order valence-electron chi connectivity index (χ1n) is 7.21. The Morgan fingerprint density at radius 2 is 2.23 bits per heavy atom. The van der Waals surface area contributed by atoms with Crippen LogP contribution in [-0.2, 0) is 0 Å². The predicted octanol–water partition coefficient (Wildman–Crippen LogP) is 2.46. The Morgan fingerprint density at radius 1 is 1.45 bits per heavy atom. The van der Waals surface area contributed by atoms with Gasteiger partial charge < -0.3 is 15.2 Å². The van der Waals surface area contributed by atoms with Crippen LogP contribution in [0.1, 0.15) is 29.8 Å². The Morgan fingerprint density at radius 3 is 2.91 bits per heavy atom. The molecule has 22 heavy (non-hydrogen) atoms. The van der Waals surface area contributed by atoms with E-state index in [0.717, 1.165) is 35.6 Å². The zero-order valence-corrected chi connectivity index (χ0v) is 13.2. The van der Waals surface area contributed by atoms with Crippen molar-refractivity contribution in [3.05, 3.63) is 35.3 Å². The summed E-state index contributed by atoms with van der Waals surface area (Å²) in [5, 5.41) is 15.2. The molecular formula is C16H18N2O3S. The standard InChI is InChI=1S/C16H18N2O3S/c1-21-13-6-3-2-5-11(13)15-18-12(9-22-15)14(19)17-10-16(20)7-4-8-16/h2-3,5-6,9,20H,4,7-8,10H2,1H3,(H,17,19). The molecule has 0 bridgehead atoms. The number of ether oxygens (including phenoxy) is 1. The molecule has 1 amide bonds. The summed E-state index contributed by atoms with van der Waals surface area (Å²) in [4.78, 5) is 16.5. The molecule has 0 radical (unpaired) electrons. The van der Waals surface area contributed by atoms with Gasteiger partial charge in [0.1, 0.15) is 16.5 Å². The normalized spacial score (nSPS) is 15.9. The van der Waals surface area contributed by atoms with E-state index in [9.17, 15) is 9.90 Å². The maximum absolute atomic E-state index is 12.1. The number of carbonyl (C=O) groups excluding carboxylic acids is 1. The number of hydrogen-bond acceptors (Lipinski definition) is 5. The third kappa shape index (κ3) is 2.98. The van der Waals surface area contributed by atoms with E-state index in [0.29, 0.717) is 5.69 Å². The lowest BCUT2D eigenvalue weighted by molar-refractivity contribution is -0.0300. The highest BCUT2D eigenvalue weighted by Crippen LogP contribution is 2.32. The first-order chi connectivity index (χ1) is 10.6. The summed E-state index contributed by atoms with van der Waals surface area (Å²) in [5.41, 5.74) is 0.512. The molecule has 1 aromatic carbocycles. The molecule has 0 unspecified atom stereocenters. The van der Waals surface area contributed by atoms with Crippen molar-refractivity contribution < 1.29 is 14.6 Å². The van der Waals surface area contributed by atoms with Gasteiger partial charge >= 0.3 is 0 Å². The summed E-state index contributed by atoms with van der Waals surface area (Å²) in [5.74, 6) is 0.477. The summed E-state index contributed by atoms with van der Waals surface area (Å²) >= 11 is 1.40. The molecule has 0 saturated heterocycles. The monoisotopic (exact) mass is 318 g/mol. The van der Waals surface area contributed by atoms with Gasteiger partial charge in [0, 0.05) is 11.9 Å². The van der Waals surface area contributed by atoms with Crippen LogP contribution in [0.15, 0.2) is 29.6 Å². The van der Waals surface area contributed by atoms with Gasteiger partial charge in [-0.2, -0.15) is 0 Å². The van der Waals surface area contributed by atoms with Crippen LogP contribution in [0.4, 0.5) is 0 Å². The van der Waals surface area contributed by atoms with Gasteiger partial charge in [0.2, 0.25) is 0 Å². The van der Waals surface area contributed by atoms with Crippen LogP contribution in [0.25, 0.3) is 10.6 Å². The number of amides is 1. The molecule has 1 aromatic heterocycles. The van der Waals surface area contributed by atoms with Gasteiger partial charge in [-0.15, -0.1) is 11.3 Å². The van der Waals surface area contributed by atoms with E-state index in [2.05, 4.69) is 10.3 Å². The third-order valence-corrected chi connectivity index (χ3v) is 4.81. The lowest BCUT2D eigenvalue weighted by Crippen LogP contribution is -2.47. The van der Waals surface area contributed by atoms with Crippen molar-refractivity contribution in [2.75, 3.05) is 13.7 Å². The molecule has 0 atom stereocenters. The minimum Gasteiger partial charge on any atom is -0.496 e. The maximum atomic E-state index is 12.1. The largest absolute Gasteiger partial charge is 0.496 e. The Balaban J connectivity index is 1.71. The van der Waals surface area contributed by atoms with Gasteiger partial charge in [-0.3, -0.25) is 4.79 Å². The molecule has 5 nitrogen and oxygen atoms in total. The van der Waals surface area contributed by atoms with Crippen molar-refractivity contribution in [2.45, 2.75) is 24.9 Å². The van der Waals surface area contributed by atoms with Crippen molar-refractivity contribution in [1.82, 2.24) is 10.3 Å². The van der Waals surface area contributed by atoms with E-state index in [1.165, 1.54) is 11.3 Å². The quantitative estimate of drug-likeness (QED) is 0.888. The number of thiazole rings is 1. The van der Waals surface area contributed by atoms with E-state index in [1.807, 2.05) is 24.3 Å². The molecule has 1 fully saturated rings. The zero-order valence-electron chi connectivity index (χ0n) is 12.3. The molecule has 0 aliphatic heterocycles. The fourth-order valence-corrected chi connectivity index (χ4v) is 3.25. The van der Waals surface area contributed by atoms with E-state index in [1.54, 1.807) is 12.5 Å². The predicted molar refractivity (Wildman–Crippen MR) is 85.2 cm³/mol. The molecule has 1 heterocycles. The van der Waals surface area contributed by atoms with Gasteiger partial charge in [-0.1, -0.05) is 12.1 Å². The molecule has 2 aromatic rings. The lowest BCUT2D eigenvalue weighted by atomic mass is 9.80. The summed E-state index contributed by atoms with van der Waals surface area (Å²) in [6, 6.07) is 7.58. The molecule has 1 saturated carbocycles. The van der Waals surface area contributed by atoms with Crippen LogP contribution in [0.2, 0.25) is 0 Å². The Bertz CT molecular complexity index is 680. The Kier molecular flexibility index (Phi) is 4.13. The molecule has 116 valence electrons. The first kappa shape index (κ1) is 15.0. The number of nitrogens with one attached hydrogen (secondary N) is 1. The van der Waals surface area contributed by atoms with Crippen LogP contribution in [0.3, 0.4) is 0 Å². The fraction of sp³-hybridized carbons (Fsp3) is 0.375. The second-order valence-corrected chi connectivity index (χ2v) is 6.36. The lowest BCUT2D eigenvalue weighted by Gasteiger charge is -2.36. The number of methoxy groups -OCH3 is 1. The Labute approximate surface area is 133 Å². The molecule has 3 rings (SSSR count).